The molecule has 0 saturated heterocycles. The molecule has 0 radical (unpaired) electrons. The molecule has 7 nitrogen and oxygen atoms in total. The highest BCUT2D eigenvalue weighted by molar-refractivity contribution is 6.37. The van der Waals surface area contributed by atoms with Crippen LogP contribution < -0.4 is 4.90 Å². The van der Waals surface area contributed by atoms with Gasteiger partial charge in [0.25, 0.3) is 11.8 Å². The van der Waals surface area contributed by atoms with Gasteiger partial charge in [-0.05, 0) is 43.3 Å². The topological polar surface area (TPSA) is 90.0 Å². The Morgan fingerprint density at radius 3 is 2.18 bits per heavy atom. The fourth-order valence-corrected chi connectivity index (χ4v) is 4.22. The van der Waals surface area contributed by atoms with E-state index in [9.17, 15) is 19.2 Å². The molecule has 0 aromatic heterocycles. The second kappa shape index (κ2) is 9.29. The molecule has 0 saturated carbocycles. The van der Waals surface area contributed by atoms with Gasteiger partial charge in [0.2, 0.25) is 0 Å². The first-order valence-electron chi connectivity index (χ1n) is 10.2. The highest BCUT2D eigenvalue weighted by Gasteiger charge is 2.61. The van der Waals surface area contributed by atoms with E-state index < -0.39 is 29.4 Å². The van der Waals surface area contributed by atoms with Crippen molar-refractivity contribution in [3.8, 4) is 0 Å². The van der Waals surface area contributed by atoms with Crippen LogP contribution >= 0.6 is 23.2 Å². The predicted octanol–water partition coefficient (Wildman–Crippen LogP) is 4.80. The largest absolute Gasteiger partial charge is 0.462 e. The van der Waals surface area contributed by atoms with Crippen LogP contribution in [0.25, 0.3) is 0 Å². The van der Waals surface area contributed by atoms with Crippen molar-refractivity contribution < 1.29 is 28.7 Å². The molecule has 34 heavy (non-hydrogen) atoms. The van der Waals surface area contributed by atoms with Crippen LogP contribution in [-0.2, 0) is 24.7 Å². The molecule has 0 spiro atoms. The molecular formula is C25H17Cl2NO6. The van der Waals surface area contributed by atoms with Gasteiger partial charge in [0.15, 0.2) is 0 Å². The summed E-state index contributed by atoms with van der Waals surface area (Å²) in [7, 11) is 0. The normalized spacial score (nSPS) is 17.2. The Labute approximate surface area is 204 Å². The Bertz CT molecular complexity index is 1290. The van der Waals surface area contributed by atoms with Crippen molar-refractivity contribution in [1.82, 2.24) is 0 Å². The fraction of sp³-hybridized carbons (Fsp3) is 0.120. The SMILES string of the molecule is CCOC(=O)C1(OC(=O)c2ccccc2)C(=O)N(c2cc(Cl)cc(Cl)c2)C(=O)c2ccccc21. The Morgan fingerprint density at radius 1 is 0.912 bits per heavy atom. The Morgan fingerprint density at radius 2 is 1.53 bits per heavy atom. The van der Waals surface area contributed by atoms with E-state index in [4.69, 9.17) is 32.7 Å². The van der Waals surface area contributed by atoms with E-state index in [1.54, 1.807) is 31.2 Å². The summed E-state index contributed by atoms with van der Waals surface area (Å²) in [5.41, 5.74) is -2.59. The quantitative estimate of drug-likeness (QED) is 0.285. The van der Waals surface area contributed by atoms with E-state index in [0.29, 0.717) is 0 Å². The average Bonchev–Trinajstić information content (AvgIpc) is 2.82. The van der Waals surface area contributed by atoms with Crippen molar-refractivity contribution in [2.45, 2.75) is 12.5 Å². The van der Waals surface area contributed by atoms with Crippen LogP contribution in [-0.4, -0.2) is 30.4 Å². The predicted molar refractivity (Wildman–Crippen MR) is 125 cm³/mol. The molecular weight excluding hydrogens is 481 g/mol. The number of esters is 2. The van der Waals surface area contributed by atoms with E-state index in [0.717, 1.165) is 4.90 Å². The number of ether oxygens (including phenoxy) is 2. The number of carbonyl (C=O) groups is 4. The zero-order chi connectivity index (χ0) is 24.5. The van der Waals surface area contributed by atoms with Crippen molar-refractivity contribution in [2.75, 3.05) is 11.5 Å². The molecule has 1 aliphatic heterocycles. The molecule has 3 aromatic rings. The van der Waals surface area contributed by atoms with E-state index in [-0.39, 0.29) is 39.0 Å². The van der Waals surface area contributed by atoms with Gasteiger partial charge in [-0.25, -0.2) is 14.5 Å². The molecule has 0 fully saturated rings. The van der Waals surface area contributed by atoms with Gasteiger partial charge in [-0.15, -0.1) is 0 Å². The maximum absolute atomic E-state index is 14.0. The van der Waals surface area contributed by atoms with Gasteiger partial charge >= 0.3 is 17.5 Å². The highest BCUT2D eigenvalue weighted by Crippen LogP contribution is 2.41. The van der Waals surface area contributed by atoms with Crippen LogP contribution in [0.3, 0.4) is 0 Å². The number of imide groups is 1. The lowest BCUT2D eigenvalue weighted by molar-refractivity contribution is -0.172. The zero-order valence-electron chi connectivity index (χ0n) is 17.8. The highest BCUT2D eigenvalue weighted by atomic mass is 35.5. The minimum Gasteiger partial charge on any atom is -0.462 e. The van der Waals surface area contributed by atoms with Crippen LogP contribution in [0.1, 0.15) is 33.2 Å². The first-order valence-corrected chi connectivity index (χ1v) is 10.9. The molecule has 3 aromatic carbocycles. The van der Waals surface area contributed by atoms with Crippen molar-refractivity contribution >= 4 is 52.6 Å². The average molecular weight is 498 g/mol. The summed E-state index contributed by atoms with van der Waals surface area (Å²) in [6.45, 7) is 1.44. The number of hydrogen-bond acceptors (Lipinski definition) is 6. The molecule has 1 aliphatic rings. The summed E-state index contributed by atoms with van der Waals surface area (Å²) >= 11 is 12.2. The van der Waals surface area contributed by atoms with Gasteiger partial charge in [0.1, 0.15) is 0 Å². The number of amides is 2. The summed E-state index contributed by atoms with van der Waals surface area (Å²) in [6.07, 6.45) is 0. The lowest BCUT2D eigenvalue weighted by Gasteiger charge is -2.39. The maximum atomic E-state index is 14.0. The number of fused-ring (bicyclic) bond motifs is 1. The second-order valence-corrected chi connectivity index (χ2v) is 8.15. The Kier molecular flexibility index (Phi) is 6.41. The van der Waals surface area contributed by atoms with Gasteiger partial charge in [-0.2, -0.15) is 0 Å². The lowest BCUT2D eigenvalue weighted by Crippen LogP contribution is -2.61. The zero-order valence-corrected chi connectivity index (χ0v) is 19.3. The van der Waals surface area contributed by atoms with Crippen molar-refractivity contribution in [3.63, 3.8) is 0 Å². The summed E-state index contributed by atoms with van der Waals surface area (Å²) in [6, 6.07) is 17.8. The summed E-state index contributed by atoms with van der Waals surface area (Å²) in [4.78, 5) is 54.5. The number of anilines is 1. The van der Waals surface area contributed by atoms with Gasteiger partial charge in [-0.3, -0.25) is 9.59 Å². The standard InChI is InChI=1S/C25H17Cl2NO6/c1-2-33-24(32)25(34-22(30)15-8-4-3-5-9-15)20-11-7-6-10-19(20)21(29)28(23(25)31)18-13-16(26)12-17(27)14-18/h3-14H,2H2,1H3. The summed E-state index contributed by atoms with van der Waals surface area (Å²) < 4.78 is 10.8. The molecule has 0 N–H and O–H groups in total. The second-order valence-electron chi connectivity index (χ2n) is 7.28. The van der Waals surface area contributed by atoms with Gasteiger partial charge in [-0.1, -0.05) is 59.6 Å². The third-order valence-corrected chi connectivity index (χ3v) is 5.60. The molecule has 0 aliphatic carbocycles. The molecule has 1 unspecified atom stereocenters. The van der Waals surface area contributed by atoms with Crippen molar-refractivity contribution in [1.29, 1.82) is 0 Å². The molecule has 1 heterocycles. The molecule has 0 bridgehead atoms. The monoisotopic (exact) mass is 497 g/mol. The van der Waals surface area contributed by atoms with E-state index in [1.807, 2.05) is 0 Å². The van der Waals surface area contributed by atoms with E-state index in [1.165, 1.54) is 48.5 Å². The van der Waals surface area contributed by atoms with Crippen molar-refractivity contribution in [2.24, 2.45) is 0 Å². The number of benzene rings is 3. The van der Waals surface area contributed by atoms with Crippen LogP contribution in [0.5, 0.6) is 0 Å². The third-order valence-electron chi connectivity index (χ3n) is 5.17. The first kappa shape index (κ1) is 23.5. The Hall–Kier alpha value is -3.68. The number of hydrogen-bond donors (Lipinski definition) is 0. The number of rotatable bonds is 5. The van der Waals surface area contributed by atoms with Crippen LogP contribution in [0, 0.1) is 0 Å². The smallest absolute Gasteiger partial charge is 0.365 e. The third kappa shape index (κ3) is 3.93. The van der Waals surface area contributed by atoms with E-state index in [2.05, 4.69) is 0 Å². The molecule has 9 heteroatoms. The molecule has 1 atom stereocenters. The summed E-state index contributed by atoms with van der Waals surface area (Å²) in [5.74, 6) is -3.95. The van der Waals surface area contributed by atoms with Gasteiger partial charge in [0, 0.05) is 21.2 Å². The number of carbonyl (C=O) groups excluding carboxylic acids is 4. The maximum Gasteiger partial charge on any atom is 0.365 e. The number of nitrogens with zero attached hydrogens (tertiary/aromatic N) is 1. The fourth-order valence-electron chi connectivity index (χ4n) is 3.71. The minimum atomic E-state index is -2.58. The van der Waals surface area contributed by atoms with Crippen LogP contribution in [0.15, 0.2) is 72.8 Å². The van der Waals surface area contributed by atoms with Gasteiger partial charge < -0.3 is 9.47 Å². The Balaban J connectivity index is 1.96. The van der Waals surface area contributed by atoms with Crippen LogP contribution in [0.4, 0.5) is 5.69 Å². The number of halogens is 2. The van der Waals surface area contributed by atoms with E-state index >= 15 is 0 Å². The van der Waals surface area contributed by atoms with Gasteiger partial charge in [0.05, 0.1) is 17.9 Å². The minimum absolute atomic E-state index is 0.00596. The lowest BCUT2D eigenvalue weighted by atomic mass is 9.83. The molecule has 172 valence electrons. The molecule has 4 rings (SSSR count). The van der Waals surface area contributed by atoms with Crippen molar-refractivity contribution in [3.05, 3.63) is 99.5 Å². The summed E-state index contributed by atoms with van der Waals surface area (Å²) in [5, 5.41) is 0.315. The van der Waals surface area contributed by atoms with Crippen LogP contribution in [0.2, 0.25) is 10.0 Å². The first-order chi connectivity index (χ1) is 16.3. The molecule has 2 amide bonds.